The molecule has 192 valence electrons. The SMILES string of the molecule is O=C(Nc1cccc2c(NC(=O)O/N=C3\CCCc4nonc43)cccc12)O/N=C1\CCCc2nonc21. The fourth-order valence-electron chi connectivity index (χ4n) is 4.43. The van der Waals surface area contributed by atoms with Crippen LogP contribution in [0, 0.1) is 0 Å². The number of rotatable bonds is 4. The highest BCUT2D eigenvalue weighted by Gasteiger charge is 2.23. The van der Waals surface area contributed by atoms with Gasteiger partial charge in [0.25, 0.3) is 0 Å². The summed E-state index contributed by atoms with van der Waals surface area (Å²) >= 11 is 0. The summed E-state index contributed by atoms with van der Waals surface area (Å²) in [6, 6.07) is 10.5. The molecule has 0 aliphatic heterocycles. The number of nitrogens with one attached hydrogen (secondary N) is 2. The van der Waals surface area contributed by atoms with E-state index in [1.165, 1.54) is 0 Å². The van der Waals surface area contributed by atoms with Crippen LogP contribution in [0.3, 0.4) is 0 Å². The summed E-state index contributed by atoms with van der Waals surface area (Å²) < 4.78 is 9.50. The Balaban J connectivity index is 1.14. The number of aromatic nitrogens is 4. The normalized spacial score (nSPS) is 16.6. The molecule has 0 fully saturated rings. The Morgan fingerprint density at radius 1 is 0.684 bits per heavy atom. The van der Waals surface area contributed by atoms with E-state index in [4.69, 9.17) is 18.9 Å². The maximum absolute atomic E-state index is 12.5. The molecule has 0 saturated heterocycles. The van der Waals surface area contributed by atoms with E-state index >= 15 is 0 Å². The molecular formula is C24H20N8O6. The third-order valence-electron chi connectivity index (χ3n) is 6.19. The van der Waals surface area contributed by atoms with Crippen molar-refractivity contribution in [3.8, 4) is 0 Å². The quantitative estimate of drug-likeness (QED) is 0.295. The second-order valence-corrected chi connectivity index (χ2v) is 8.62. The zero-order chi connectivity index (χ0) is 25.9. The number of aryl methyl sites for hydroxylation is 2. The summed E-state index contributed by atoms with van der Waals surface area (Å²) in [5, 5.41) is 29.9. The van der Waals surface area contributed by atoms with Gasteiger partial charge in [0.2, 0.25) is 0 Å². The molecule has 2 amide bonds. The van der Waals surface area contributed by atoms with Crippen molar-refractivity contribution >= 4 is 45.8 Å². The zero-order valence-corrected chi connectivity index (χ0v) is 19.8. The van der Waals surface area contributed by atoms with E-state index in [-0.39, 0.29) is 0 Å². The maximum Gasteiger partial charge on any atom is 0.437 e. The Hall–Kier alpha value is -5.14. The van der Waals surface area contributed by atoms with Gasteiger partial charge in [0.1, 0.15) is 22.8 Å². The monoisotopic (exact) mass is 516 g/mol. The second-order valence-electron chi connectivity index (χ2n) is 8.62. The van der Waals surface area contributed by atoms with E-state index in [0.717, 1.165) is 25.7 Å². The van der Waals surface area contributed by atoms with E-state index in [0.29, 0.717) is 69.2 Å². The molecule has 2 aliphatic rings. The number of anilines is 2. The molecule has 14 heteroatoms. The highest BCUT2D eigenvalue weighted by molar-refractivity contribution is 6.08. The van der Waals surface area contributed by atoms with Crippen molar-refractivity contribution in [2.24, 2.45) is 10.3 Å². The fourth-order valence-corrected chi connectivity index (χ4v) is 4.43. The van der Waals surface area contributed by atoms with Crippen molar-refractivity contribution in [2.75, 3.05) is 10.6 Å². The lowest BCUT2D eigenvalue weighted by Crippen LogP contribution is -2.16. The predicted octanol–water partition coefficient (Wildman–Crippen LogP) is 4.18. The standard InChI is InChI=1S/C24H20N8O6/c33-23(35-27-17-9-3-11-19-21(17)31-37-29-19)25-15-7-1-5-13-14(15)6-2-8-16(13)26-24(34)36-28-18-10-4-12-20-22(18)32-38-30-20/h1-2,5-8H,3-4,9-12H2,(H,25,33)(H,26,34)/b27-17+,28-18+. The minimum atomic E-state index is -0.781. The van der Waals surface area contributed by atoms with Crippen LogP contribution < -0.4 is 10.6 Å². The number of carbonyl (C=O) groups excluding carboxylic acids is 2. The van der Waals surface area contributed by atoms with Gasteiger partial charge >= 0.3 is 12.2 Å². The summed E-state index contributed by atoms with van der Waals surface area (Å²) in [4.78, 5) is 35.1. The molecule has 2 N–H and O–H groups in total. The van der Waals surface area contributed by atoms with Gasteiger partial charge in [0.05, 0.1) is 11.4 Å². The first-order valence-electron chi connectivity index (χ1n) is 11.9. The van der Waals surface area contributed by atoms with Gasteiger partial charge < -0.3 is 0 Å². The molecule has 0 unspecified atom stereocenters. The molecule has 0 saturated carbocycles. The van der Waals surface area contributed by atoms with Crippen molar-refractivity contribution in [3.05, 3.63) is 59.2 Å². The van der Waals surface area contributed by atoms with Crippen LogP contribution in [0.5, 0.6) is 0 Å². The van der Waals surface area contributed by atoms with Crippen LogP contribution in [0.1, 0.15) is 48.5 Å². The fraction of sp³-hybridized carbons (Fsp3) is 0.250. The van der Waals surface area contributed by atoms with Crippen molar-refractivity contribution < 1.29 is 28.5 Å². The minimum absolute atomic E-state index is 0.464. The number of hydrogen-bond donors (Lipinski definition) is 2. The summed E-state index contributed by atoms with van der Waals surface area (Å²) in [6.45, 7) is 0. The van der Waals surface area contributed by atoms with Crippen LogP contribution in [-0.2, 0) is 22.5 Å². The molecule has 0 radical (unpaired) electrons. The molecule has 0 spiro atoms. The van der Waals surface area contributed by atoms with Gasteiger partial charge in [0, 0.05) is 10.8 Å². The number of carbonyl (C=O) groups is 2. The highest BCUT2D eigenvalue weighted by atomic mass is 16.7. The Labute approximate surface area is 213 Å². The smallest absolute Gasteiger partial charge is 0.297 e. The van der Waals surface area contributed by atoms with Gasteiger partial charge in [-0.3, -0.25) is 20.3 Å². The van der Waals surface area contributed by atoms with Crippen LogP contribution in [0.4, 0.5) is 21.0 Å². The van der Waals surface area contributed by atoms with Crippen molar-refractivity contribution in [1.29, 1.82) is 0 Å². The van der Waals surface area contributed by atoms with E-state index in [2.05, 4.69) is 41.6 Å². The average Bonchev–Trinajstić information content (AvgIpc) is 3.61. The van der Waals surface area contributed by atoms with E-state index in [9.17, 15) is 9.59 Å². The molecule has 2 aromatic carbocycles. The summed E-state index contributed by atoms with van der Waals surface area (Å²) in [6.07, 6.45) is 2.70. The predicted molar refractivity (Wildman–Crippen MR) is 132 cm³/mol. The highest BCUT2D eigenvalue weighted by Crippen LogP contribution is 2.30. The number of hydrogen-bond acceptors (Lipinski definition) is 12. The number of benzene rings is 2. The van der Waals surface area contributed by atoms with Gasteiger partial charge in [-0.1, -0.05) is 44.9 Å². The van der Waals surface area contributed by atoms with E-state index < -0.39 is 12.2 Å². The van der Waals surface area contributed by atoms with Crippen LogP contribution in [0.25, 0.3) is 10.8 Å². The first-order valence-corrected chi connectivity index (χ1v) is 11.9. The lowest BCUT2D eigenvalue weighted by molar-refractivity contribution is 0.165. The third-order valence-corrected chi connectivity index (χ3v) is 6.19. The summed E-state index contributed by atoms with van der Waals surface area (Å²) in [7, 11) is 0. The van der Waals surface area contributed by atoms with Crippen molar-refractivity contribution in [1.82, 2.24) is 20.6 Å². The molecule has 0 atom stereocenters. The zero-order valence-electron chi connectivity index (χ0n) is 19.8. The van der Waals surface area contributed by atoms with Crippen LogP contribution in [0.15, 0.2) is 56.0 Å². The van der Waals surface area contributed by atoms with Crippen molar-refractivity contribution in [3.63, 3.8) is 0 Å². The third kappa shape index (κ3) is 4.66. The van der Waals surface area contributed by atoms with Crippen LogP contribution in [0.2, 0.25) is 0 Å². The first-order chi connectivity index (χ1) is 18.7. The summed E-state index contributed by atoms with van der Waals surface area (Å²) in [5.74, 6) is 0. The van der Waals surface area contributed by atoms with Crippen LogP contribution >= 0.6 is 0 Å². The minimum Gasteiger partial charge on any atom is -0.297 e. The topological polar surface area (TPSA) is 179 Å². The second kappa shape index (κ2) is 10.1. The molecule has 6 rings (SSSR count). The first kappa shape index (κ1) is 23.3. The molecule has 38 heavy (non-hydrogen) atoms. The van der Waals surface area contributed by atoms with Gasteiger partial charge in [-0.2, -0.15) is 0 Å². The van der Waals surface area contributed by atoms with E-state index in [1.54, 1.807) is 36.4 Å². The molecule has 4 aromatic rings. The van der Waals surface area contributed by atoms with Crippen molar-refractivity contribution in [2.45, 2.75) is 38.5 Å². The number of fused-ring (bicyclic) bond motifs is 3. The molecule has 14 nitrogen and oxygen atoms in total. The summed E-state index contributed by atoms with van der Waals surface area (Å²) in [5.41, 5.74) is 4.31. The molecular weight excluding hydrogens is 496 g/mol. The Morgan fingerprint density at radius 3 is 1.63 bits per heavy atom. The average molecular weight is 516 g/mol. The molecule has 2 aromatic heterocycles. The molecule has 0 bridgehead atoms. The van der Waals surface area contributed by atoms with E-state index in [1.807, 2.05) is 0 Å². The van der Waals surface area contributed by atoms with Gasteiger partial charge in [-0.25, -0.2) is 18.8 Å². The maximum atomic E-state index is 12.5. The lowest BCUT2D eigenvalue weighted by atomic mass is 9.99. The van der Waals surface area contributed by atoms with Crippen LogP contribution in [-0.4, -0.2) is 44.2 Å². The molecule has 2 aliphatic carbocycles. The molecule has 2 heterocycles. The van der Waals surface area contributed by atoms with Gasteiger partial charge in [-0.05, 0) is 61.0 Å². The lowest BCUT2D eigenvalue weighted by Gasteiger charge is -2.12. The van der Waals surface area contributed by atoms with Gasteiger partial charge in [-0.15, -0.1) is 0 Å². The number of oxime groups is 2. The Morgan fingerprint density at radius 2 is 1.16 bits per heavy atom. The number of amides is 2. The van der Waals surface area contributed by atoms with Gasteiger partial charge in [0.15, 0.2) is 11.4 Å². The Bertz CT molecular complexity index is 1470. The Kier molecular flexibility index (Phi) is 6.17. The largest absolute Gasteiger partial charge is 0.437 e. The number of nitrogens with zero attached hydrogens (tertiary/aromatic N) is 6.